The number of nitrogens with zero attached hydrogens (tertiary/aromatic N) is 1. The highest BCUT2D eigenvalue weighted by Gasteiger charge is 2.18. The fourth-order valence-electron chi connectivity index (χ4n) is 1.10. The number of esters is 1. The highest BCUT2D eigenvalue weighted by molar-refractivity contribution is 5.76. The fourth-order valence-corrected chi connectivity index (χ4v) is 1.10. The molecule has 1 fully saturated rings. The number of rotatable bonds is 4. The summed E-state index contributed by atoms with van der Waals surface area (Å²) in [5.41, 5.74) is 0. The van der Waals surface area contributed by atoms with Crippen LogP contribution in [0.2, 0.25) is 0 Å². The smallest absolute Gasteiger partial charge is 0.317 e. The minimum absolute atomic E-state index is 0.0763. The second-order valence-electron chi connectivity index (χ2n) is 2.79. The Hall–Kier alpha value is -1.26. The summed E-state index contributed by atoms with van der Waals surface area (Å²) in [6.07, 6.45) is 0.381. The van der Waals surface area contributed by atoms with E-state index in [-0.39, 0.29) is 12.0 Å². The molecule has 0 unspecified atom stereocenters. The molecular formula is C8H14N2O3. The Balaban J connectivity index is 2.12. The van der Waals surface area contributed by atoms with Crippen molar-refractivity contribution in [2.45, 2.75) is 13.3 Å². The SMILES string of the molecule is CCC(=O)OCCN1CCNC1=O. The van der Waals surface area contributed by atoms with Crippen molar-refractivity contribution >= 4 is 12.0 Å². The van der Waals surface area contributed by atoms with Gasteiger partial charge in [-0.2, -0.15) is 0 Å². The van der Waals surface area contributed by atoms with Gasteiger partial charge >= 0.3 is 12.0 Å². The maximum Gasteiger partial charge on any atom is 0.317 e. The number of amides is 2. The lowest BCUT2D eigenvalue weighted by Crippen LogP contribution is -2.31. The highest BCUT2D eigenvalue weighted by Crippen LogP contribution is 1.96. The van der Waals surface area contributed by atoms with Crippen molar-refractivity contribution < 1.29 is 14.3 Å². The number of urea groups is 1. The first-order chi connectivity index (χ1) is 6.24. The maximum absolute atomic E-state index is 11.0. The third-order valence-corrected chi connectivity index (χ3v) is 1.86. The van der Waals surface area contributed by atoms with Crippen LogP contribution >= 0.6 is 0 Å². The van der Waals surface area contributed by atoms with Gasteiger partial charge in [0, 0.05) is 19.5 Å². The molecule has 5 heteroatoms. The number of carbonyl (C=O) groups is 2. The molecule has 2 amide bonds. The molecule has 0 aromatic carbocycles. The zero-order valence-electron chi connectivity index (χ0n) is 7.71. The minimum Gasteiger partial charge on any atom is -0.464 e. The predicted octanol–water partition coefficient (Wildman–Crippen LogP) is -0.0352. The van der Waals surface area contributed by atoms with E-state index in [4.69, 9.17) is 4.74 Å². The summed E-state index contributed by atoms with van der Waals surface area (Å²) >= 11 is 0. The Morgan fingerprint density at radius 2 is 2.46 bits per heavy atom. The van der Waals surface area contributed by atoms with Gasteiger partial charge in [-0.15, -0.1) is 0 Å². The molecule has 5 nitrogen and oxygen atoms in total. The van der Waals surface area contributed by atoms with Crippen LogP contribution in [0.15, 0.2) is 0 Å². The Labute approximate surface area is 77.0 Å². The van der Waals surface area contributed by atoms with Crippen molar-refractivity contribution in [1.82, 2.24) is 10.2 Å². The van der Waals surface area contributed by atoms with Gasteiger partial charge in [-0.25, -0.2) is 4.79 Å². The summed E-state index contributed by atoms with van der Waals surface area (Å²) in [7, 11) is 0. The van der Waals surface area contributed by atoms with Crippen LogP contribution < -0.4 is 5.32 Å². The van der Waals surface area contributed by atoms with Gasteiger partial charge in [0.15, 0.2) is 0 Å². The Morgan fingerprint density at radius 3 is 3.00 bits per heavy atom. The summed E-state index contributed by atoms with van der Waals surface area (Å²) in [5, 5.41) is 2.67. The second-order valence-corrected chi connectivity index (χ2v) is 2.79. The van der Waals surface area contributed by atoms with E-state index in [0.717, 1.165) is 0 Å². The van der Waals surface area contributed by atoms with E-state index in [2.05, 4.69) is 5.32 Å². The van der Waals surface area contributed by atoms with E-state index in [0.29, 0.717) is 32.7 Å². The van der Waals surface area contributed by atoms with Crippen molar-refractivity contribution in [2.24, 2.45) is 0 Å². The Bertz CT molecular complexity index is 206. The molecule has 0 radical (unpaired) electrons. The van der Waals surface area contributed by atoms with Crippen LogP contribution in [-0.4, -0.2) is 43.1 Å². The molecule has 1 N–H and O–H groups in total. The maximum atomic E-state index is 11.0. The van der Waals surface area contributed by atoms with Gasteiger partial charge < -0.3 is 15.0 Å². The lowest BCUT2D eigenvalue weighted by molar-refractivity contribution is -0.143. The zero-order valence-corrected chi connectivity index (χ0v) is 7.71. The van der Waals surface area contributed by atoms with Gasteiger partial charge in [-0.05, 0) is 0 Å². The number of hydrogen-bond acceptors (Lipinski definition) is 3. The molecule has 0 aromatic rings. The van der Waals surface area contributed by atoms with E-state index in [1.165, 1.54) is 0 Å². The third kappa shape index (κ3) is 2.93. The summed E-state index contributed by atoms with van der Waals surface area (Å²) < 4.78 is 4.84. The van der Waals surface area contributed by atoms with Crippen LogP contribution in [0.5, 0.6) is 0 Å². The molecule has 74 valence electrons. The lowest BCUT2D eigenvalue weighted by atomic mass is 10.5. The largest absolute Gasteiger partial charge is 0.464 e. The quantitative estimate of drug-likeness (QED) is 0.627. The van der Waals surface area contributed by atoms with E-state index in [1.54, 1.807) is 11.8 Å². The average molecular weight is 186 g/mol. The standard InChI is InChI=1S/C8H14N2O3/c1-2-7(11)13-6-5-10-4-3-9-8(10)12/h2-6H2,1H3,(H,9,12). The molecule has 1 aliphatic heterocycles. The molecule has 1 rings (SSSR count). The first-order valence-electron chi connectivity index (χ1n) is 4.42. The molecule has 0 atom stereocenters. The lowest BCUT2D eigenvalue weighted by Gasteiger charge is -2.13. The monoisotopic (exact) mass is 186 g/mol. The Kier molecular flexibility index (Phi) is 3.54. The minimum atomic E-state index is -0.223. The van der Waals surface area contributed by atoms with E-state index < -0.39 is 0 Å². The molecule has 0 aliphatic carbocycles. The normalized spacial score (nSPS) is 15.8. The van der Waals surface area contributed by atoms with Crippen molar-refractivity contribution in [3.8, 4) is 0 Å². The molecule has 13 heavy (non-hydrogen) atoms. The number of nitrogens with one attached hydrogen (secondary N) is 1. The Morgan fingerprint density at radius 1 is 1.69 bits per heavy atom. The molecular weight excluding hydrogens is 172 g/mol. The van der Waals surface area contributed by atoms with Crippen molar-refractivity contribution in [2.75, 3.05) is 26.2 Å². The fraction of sp³-hybridized carbons (Fsp3) is 0.750. The van der Waals surface area contributed by atoms with Gasteiger partial charge in [-0.1, -0.05) is 6.92 Å². The number of ether oxygens (including phenoxy) is 1. The molecule has 1 heterocycles. The van der Waals surface area contributed by atoms with Gasteiger partial charge in [0.2, 0.25) is 0 Å². The van der Waals surface area contributed by atoms with Gasteiger partial charge in [0.25, 0.3) is 0 Å². The second kappa shape index (κ2) is 4.69. The van der Waals surface area contributed by atoms with Crippen molar-refractivity contribution in [3.05, 3.63) is 0 Å². The summed E-state index contributed by atoms with van der Waals surface area (Å²) in [6.45, 7) is 3.89. The van der Waals surface area contributed by atoms with Crippen LogP contribution in [0.1, 0.15) is 13.3 Å². The van der Waals surface area contributed by atoms with Crippen molar-refractivity contribution in [1.29, 1.82) is 0 Å². The first kappa shape index (κ1) is 9.83. The summed E-state index contributed by atoms with van der Waals surface area (Å²) in [6, 6.07) is -0.0763. The van der Waals surface area contributed by atoms with E-state index in [1.807, 2.05) is 0 Å². The van der Waals surface area contributed by atoms with Gasteiger partial charge in [-0.3, -0.25) is 4.79 Å². The number of hydrogen-bond donors (Lipinski definition) is 1. The van der Waals surface area contributed by atoms with Crippen LogP contribution in [0.4, 0.5) is 4.79 Å². The van der Waals surface area contributed by atoms with E-state index >= 15 is 0 Å². The molecule has 0 aromatic heterocycles. The molecule has 0 bridgehead atoms. The van der Waals surface area contributed by atoms with E-state index in [9.17, 15) is 9.59 Å². The van der Waals surface area contributed by atoms with Crippen LogP contribution in [0, 0.1) is 0 Å². The summed E-state index contributed by atoms with van der Waals surface area (Å²) in [4.78, 5) is 23.3. The van der Waals surface area contributed by atoms with Crippen LogP contribution in [0.3, 0.4) is 0 Å². The van der Waals surface area contributed by atoms with Gasteiger partial charge in [0.05, 0.1) is 6.54 Å². The van der Waals surface area contributed by atoms with Crippen LogP contribution in [0.25, 0.3) is 0 Å². The van der Waals surface area contributed by atoms with Crippen molar-refractivity contribution in [3.63, 3.8) is 0 Å². The average Bonchev–Trinajstić information content (AvgIpc) is 2.52. The predicted molar refractivity (Wildman–Crippen MR) is 46.2 cm³/mol. The topological polar surface area (TPSA) is 58.6 Å². The van der Waals surface area contributed by atoms with Crippen LogP contribution in [-0.2, 0) is 9.53 Å². The molecule has 0 spiro atoms. The van der Waals surface area contributed by atoms with Gasteiger partial charge in [0.1, 0.15) is 6.61 Å². The third-order valence-electron chi connectivity index (χ3n) is 1.86. The molecule has 0 saturated carbocycles. The number of carbonyl (C=O) groups excluding carboxylic acids is 2. The zero-order chi connectivity index (χ0) is 9.68. The molecule has 1 saturated heterocycles. The summed E-state index contributed by atoms with van der Waals surface area (Å²) in [5.74, 6) is -0.223. The highest BCUT2D eigenvalue weighted by atomic mass is 16.5. The first-order valence-corrected chi connectivity index (χ1v) is 4.42. The molecule has 1 aliphatic rings.